The lowest BCUT2D eigenvalue weighted by atomic mass is 9.75. The van der Waals surface area contributed by atoms with Crippen molar-refractivity contribution in [3.8, 4) is 22.9 Å². The number of aromatic nitrogens is 4. The van der Waals surface area contributed by atoms with E-state index in [1.807, 2.05) is 49.8 Å². The number of ether oxygens (including phenoxy) is 1. The fourth-order valence-corrected chi connectivity index (χ4v) is 9.93. The smallest absolute Gasteiger partial charge is 0.236 e. The minimum atomic E-state index is -3.72. The number of sulfone groups is 1. The molecule has 2 aromatic heterocycles. The van der Waals surface area contributed by atoms with E-state index in [2.05, 4.69) is 4.98 Å². The summed E-state index contributed by atoms with van der Waals surface area (Å²) in [5.74, 6) is -2.27. The van der Waals surface area contributed by atoms with Crippen molar-refractivity contribution in [1.82, 2.24) is 24.5 Å². The number of sulfonamides is 1. The fraction of sp³-hybridized carbons (Fsp3) is 0.410. The molecule has 1 unspecified atom stereocenters. The lowest BCUT2D eigenvalue weighted by molar-refractivity contribution is -0.122. The highest BCUT2D eigenvalue weighted by molar-refractivity contribution is 7.91. The zero-order valence-electron chi connectivity index (χ0n) is 31.2. The molecule has 0 saturated heterocycles. The van der Waals surface area contributed by atoms with E-state index in [-0.39, 0.29) is 47.2 Å². The van der Waals surface area contributed by atoms with Crippen LogP contribution in [0, 0.1) is 23.0 Å². The summed E-state index contributed by atoms with van der Waals surface area (Å²) in [5, 5.41) is 5.43. The number of aryl methyl sites for hydroxylation is 2. The summed E-state index contributed by atoms with van der Waals surface area (Å²) in [7, 11) is -5.69. The van der Waals surface area contributed by atoms with Gasteiger partial charge in [-0.1, -0.05) is 51.5 Å². The number of hydrogen-bond acceptors (Lipinski definition) is 8. The normalized spacial score (nSPS) is 19.6. The van der Waals surface area contributed by atoms with E-state index in [1.54, 1.807) is 26.2 Å². The monoisotopic (exact) mass is 781 g/mol. The average molecular weight is 782 g/mol. The van der Waals surface area contributed by atoms with Gasteiger partial charge in [-0.05, 0) is 73.4 Å². The molecule has 3 aromatic carbocycles. The van der Waals surface area contributed by atoms with Crippen LogP contribution in [0.1, 0.15) is 69.5 Å². The third-order valence-corrected chi connectivity index (χ3v) is 12.8. The van der Waals surface area contributed by atoms with Crippen molar-refractivity contribution in [2.45, 2.75) is 65.2 Å². The molecule has 15 heteroatoms. The SMILES string of the molecule is C[C@@H](Cc1cccc(C2(C)CCCC(C)(C)CS(=O)(=O)CCc3c(c(F)cc4[nH]ccc34)Oc3ccc(F)c(c3)-c3nc2nn3C)c1)C(=O)NS(C)(=O)=O. The van der Waals surface area contributed by atoms with Crippen molar-refractivity contribution >= 4 is 36.7 Å². The molecule has 11 nitrogen and oxygen atoms in total. The summed E-state index contributed by atoms with van der Waals surface area (Å²) in [4.78, 5) is 20.5. The first-order valence-corrected chi connectivity index (χ1v) is 21.4. The predicted octanol–water partition coefficient (Wildman–Crippen LogP) is 6.76. The fourth-order valence-electron chi connectivity index (χ4n) is 7.37. The molecule has 288 valence electrons. The third kappa shape index (κ3) is 8.51. The number of rotatable bonds is 5. The molecule has 1 amide bonds. The Morgan fingerprint density at radius 1 is 1.07 bits per heavy atom. The van der Waals surface area contributed by atoms with E-state index in [9.17, 15) is 21.6 Å². The van der Waals surface area contributed by atoms with Gasteiger partial charge in [0.25, 0.3) is 0 Å². The predicted molar refractivity (Wildman–Crippen MR) is 203 cm³/mol. The quantitative estimate of drug-likeness (QED) is 0.198. The number of fused-ring (bicyclic) bond motifs is 8. The molecule has 0 saturated carbocycles. The van der Waals surface area contributed by atoms with Gasteiger partial charge in [0.1, 0.15) is 11.6 Å². The summed E-state index contributed by atoms with van der Waals surface area (Å²) in [6.45, 7) is 7.45. The summed E-state index contributed by atoms with van der Waals surface area (Å²) in [5.41, 5.74) is 1.08. The second kappa shape index (κ2) is 14.5. The number of H-pyrrole nitrogens is 1. The van der Waals surface area contributed by atoms with Gasteiger partial charge in [0, 0.05) is 41.7 Å². The lowest BCUT2D eigenvalue weighted by Crippen LogP contribution is -2.34. The maximum Gasteiger partial charge on any atom is 0.236 e. The van der Waals surface area contributed by atoms with Crippen molar-refractivity contribution in [3.05, 3.63) is 94.9 Å². The zero-order valence-corrected chi connectivity index (χ0v) is 32.8. The van der Waals surface area contributed by atoms with Crippen molar-refractivity contribution in [2.24, 2.45) is 18.4 Å². The van der Waals surface area contributed by atoms with E-state index < -0.39 is 54.2 Å². The molecule has 4 bridgehead atoms. The molecule has 3 heterocycles. The molecule has 1 aliphatic rings. The molecule has 5 aromatic rings. The van der Waals surface area contributed by atoms with Crippen LogP contribution < -0.4 is 9.46 Å². The number of carbonyl (C=O) groups is 1. The molecule has 2 atom stereocenters. The van der Waals surface area contributed by atoms with Gasteiger partial charge in [-0.2, -0.15) is 5.10 Å². The van der Waals surface area contributed by atoms with Crippen LogP contribution in [0.5, 0.6) is 11.5 Å². The number of hydrogen-bond donors (Lipinski definition) is 2. The maximum absolute atomic E-state index is 15.7. The molecule has 1 aliphatic heterocycles. The van der Waals surface area contributed by atoms with E-state index in [4.69, 9.17) is 14.8 Å². The summed E-state index contributed by atoms with van der Waals surface area (Å²) >= 11 is 0. The van der Waals surface area contributed by atoms with Crippen LogP contribution in [-0.2, 0) is 50.0 Å². The Bertz CT molecular complexity index is 2460. The molecule has 0 spiro atoms. The molecular weight excluding hydrogens is 737 g/mol. The number of halogens is 2. The van der Waals surface area contributed by atoms with E-state index in [1.165, 1.54) is 28.9 Å². The summed E-state index contributed by atoms with van der Waals surface area (Å²) in [6, 6.07) is 14.6. The number of benzene rings is 3. The standard InChI is InChI=1S/C39H45F2N5O6S2/c1-24(36(47)45-53(6,48)49)19-25-9-7-10-26(20-25)39(4)16-8-15-38(2,3)23-54(50,51)18-14-29-28-13-17-42-33(28)22-32(41)34(29)52-27-11-12-31(40)30(21-27)35-43-37(39)44-46(35)5/h7,9-13,17,20-22,24,42H,8,14-16,18-19,23H2,1-6H3,(H,45,47)/t24-,39?/m0/s1. The number of nitrogens with zero attached hydrogens (tertiary/aromatic N) is 3. The highest BCUT2D eigenvalue weighted by Gasteiger charge is 2.36. The summed E-state index contributed by atoms with van der Waals surface area (Å²) < 4.78 is 91.8. The lowest BCUT2D eigenvalue weighted by Gasteiger charge is -2.31. The minimum absolute atomic E-state index is 0.00348. The van der Waals surface area contributed by atoms with E-state index in [0.29, 0.717) is 41.6 Å². The van der Waals surface area contributed by atoms with Crippen LogP contribution >= 0.6 is 0 Å². The zero-order chi connectivity index (χ0) is 39.2. The molecule has 0 aliphatic carbocycles. The van der Waals surface area contributed by atoms with Crippen molar-refractivity contribution in [2.75, 3.05) is 17.8 Å². The number of carbonyl (C=O) groups excluding carboxylic acids is 1. The van der Waals surface area contributed by atoms with E-state index >= 15 is 8.78 Å². The van der Waals surface area contributed by atoms with Gasteiger partial charge >= 0.3 is 0 Å². The van der Waals surface area contributed by atoms with Gasteiger partial charge in [0.05, 0.1) is 28.7 Å². The van der Waals surface area contributed by atoms with Gasteiger partial charge in [-0.25, -0.2) is 35.3 Å². The molecule has 0 radical (unpaired) electrons. The Balaban J connectivity index is 1.46. The Kier molecular flexibility index (Phi) is 10.5. The van der Waals surface area contributed by atoms with Crippen LogP contribution in [0.25, 0.3) is 22.3 Å². The van der Waals surface area contributed by atoms with Crippen LogP contribution in [0.15, 0.2) is 60.8 Å². The highest BCUT2D eigenvalue weighted by Crippen LogP contribution is 2.41. The van der Waals surface area contributed by atoms with Crippen LogP contribution in [-0.4, -0.2) is 60.3 Å². The average Bonchev–Trinajstić information content (AvgIpc) is 3.70. The number of aromatic amines is 1. The largest absolute Gasteiger partial charge is 0.454 e. The number of nitrogens with one attached hydrogen (secondary N) is 2. The first kappa shape index (κ1) is 39.1. The highest BCUT2D eigenvalue weighted by atomic mass is 32.2. The third-order valence-electron chi connectivity index (χ3n) is 10.2. The topological polar surface area (TPSA) is 153 Å². The Morgan fingerprint density at radius 3 is 2.57 bits per heavy atom. The Hall–Kier alpha value is -4.63. The minimum Gasteiger partial charge on any atom is -0.454 e. The Morgan fingerprint density at radius 2 is 1.83 bits per heavy atom. The molecule has 54 heavy (non-hydrogen) atoms. The first-order valence-electron chi connectivity index (χ1n) is 17.7. The van der Waals surface area contributed by atoms with Crippen LogP contribution in [0.3, 0.4) is 0 Å². The maximum atomic E-state index is 15.7. The van der Waals surface area contributed by atoms with Gasteiger partial charge < -0.3 is 9.72 Å². The van der Waals surface area contributed by atoms with E-state index in [0.717, 1.165) is 17.4 Å². The van der Waals surface area contributed by atoms with Crippen molar-refractivity contribution in [3.63, 3.8) is 0 Å². The van der Waals surface area contributed by atoms with Gasteiger partial charge in [0.15, 0.2) is 33.1 Å². The Labute approximate surface area is 314 Å². The molecule has 2 N–H and O–H groups in total. The van der Waals surface area contributed by atoms with Crippen molar-refractivity contribution in [1.29, 1.82) is 0 Å². The van der Waals surface area contributed by atoms with Crippen LogP contribution in [0.4, 0.5) is 8.78 Å². The number of amides is 1. The van der Waals surface area contributed by atoms with Crippen LogP contribution in [0.2, 0.25) is 0 Å². The van der Waals surface area contributed by atoms with Gasteiger partial charge in [-0.15, -0.1) is 0 Å². The first-order chi connectivity index (χ1) is 25.2. The summed E-state index contributed by atoms with van der Waals surface area (Å²) in [6.07, 6.45) is 4.46. The van der Waals surface area contributed by atoms with Gasteiger partial charge in [0.2, 0.25) is 15.9 Å². The molecule has 6 rings (SSSR count). The second-order valence-corrected chi connectivity index (χ2v) is 19.4. The molecule has 0 fully saturated rings. The van der Waals surface area contributed by atoms with Gasteiger partial charge in [-0.3, -0.25) is 9.52 Å². The van der Waals surface area contributed by atoms with Crippen molar-refractivity contribution < 1.29 is 35.1 Å². The molecular formula is C39H45F2N5O6S2. The second-order valence-electron chi connectivity index (χ2n) is 15.5.